The largest absolute Gasteiger partial charge is 0.367 e. The molecule has 2 aromatic carbocycles. The number of para-hydroxylation sites is 1. The van der Waals surface area contributed by atoms with Gasteiger partial charge < -0.3 is 10.2 Å². The maximum Gasteiger partial charge on any atom is 0.282 e. The number of benzene rings is 2. The Balaban J connectivity index is 1.43. The zero-order valence-electron chi connectivity index (χ0n) is 15.8. The maximum absolute atomic E-state index is 13.9. The third kappa shape index (κ3) is 5.42. The first-order chi connectivity index (χ1) is 14.0. The standard InChI is InChI=1S/C20H22ClFN4O3/c21-15-6-7-18(26(28)29)16(14-15)20(27)23-8-3-9-24-10-12-25(13-11-24)19-5-2-1-4-17(19)22/h1-2,4-7,14H,3,8-13H2,(H,23,27). The molecule has 1 saturated heterocycles. The highest BCUT2D eigenvalue weighted by Crippen LogP contribution is 2.23. The van der Waals surface area contributed by atoms with Crippen molar-refractivity contribution in [3.63, 3.8) is 0 Å². The minimum absolute atomic E-state index is 0.0407. The lowest BCUT2D eigenvalue weighted by Gasteiger charge is -2.36. The van der Waals surface area contributed by atoms with Gasteiger partial charge in [0.2, 0.25) is 0 Å². The molecule has 7 nitrogen and oxygen atoms in total. The van der Waals surface area contributed by atoms with Crippen LogP contribution in [0.4, 0.5) is 15.8 Å². The van der Waals surface area contributed by atoms with Crippen LogP contribution in [0.15, 0.2) is 42.5 Å². The number of carbonyl (C=O) groups is 1. The Kier molecular flexibility index (Phi) is 7.00. The number of nitrogens with one attached hydrogen (secondary N) is 1. The molecule has 0 aromatic heterocycles. The Morgan fingerprint density at radius 3 is 2.59 bits per heavy atom. The van der Waals surface area contributed by atoms with E-state index in [1.54, 1.807) is 12.1 Å². The van der Waals surface area contributed by atoms with Crippen molar-refractivity contribution < 1.29 is 14.1 Å². The maximum atomic E-state index is 13.9. The monoisotopic (exact) mass is 420 g/mol. The van der Waals surface area contributed by atoms with Gasteiger partial charge in [-0.2, -0.15) is 0 Å². The second-order valence-corrected chi connectivity index (χ2v) is 7.24. The second kappa shape index (κ2) is 9.67. The summed E-state index contributed by atoms with van der Waals surface area (Å²) in [7, 11) is 0. The van der Waals surface area contributed by atoms with Crippen LogP contribution in [0.3, 0.4) is 0 Å². The first-order valence-electron chi connectivity index (χ1n) is 9.39. The molecule has 1 amide bonds. The summed E-state index contributed by atoms with van der Waals surface area (Å²) in [5.41, 5.74) is 0.319. The number of piperazine rings is 1. The van der Waals surface area contributed by atoms with E-state index in [1.165, 1.54) is 24.3 Å². The number of nitro groups is 1. The molecular formula is C20H22ClFN4O3. The number of hydrogen-bond donors (Lipinski definition) is 1. The molecule has 1 fully saturated rings. The van der Waals surface area contributed by atoms with E-state index >= 15 is 0 Å². The van der Waals surface area contributed by atoms with Crippen molar-refractivity contribution in [1.82, 2.24) is 10.2 Å². The Bertz CT molecular complexity index is 888. The molecule has 3 rings (SSSR count). The highest BCUT2D eigenvalue weighted by Gasteiger charge is 2.21. The summed E-state index contributed by atoms with van der Waals surface area (Å²) in [5.74, 6) is -0.720. The molecule has 1 aliphatic rings. The summed E-state index contributed by atoms with van der Waals surface area (Å²) in [4.78, 5) is 27.0. The van der Waals surface area contributed by atoms with Gasteiger partial charge in [0.1, 0.15) is 11.4 Å². The third-order valence-corrected chi connectivity index (χ3v) is 5.14. The van der Waals surface area contributed by atoms with Crippen molar-refractivity contribution >= 4 is 28.9 Å². The number of anilines is 1. The number of amides is 1. The predicted molar refractivity (Wildman–Crippen MR) is 110 cm³/mol. The molecule has 0 spiro atoms. The van der Waals surface area contributed by atoms with Crippen LogP contribution in [0.1, 0.15) is 16.8 Å². The molecule has 2 aromatic rings. The molecule has 0 unspecified atom stereocenters. The van der Waals surface area contributed by atoms with Gasteiger partial charge in [0.25, 0.3) is 11.6 Å². The molecule has 0 radical (unpaired) electrons. The smallest absolute Gasteiger partial charge is 0.282 e. The van der Waals surface area contributed by atoms with Crippen molar-refractivity contribution in [2.24, 2.45) is 0 Å². The summed E-state index contributed by atoms with van der Waals surface area (Å²) in [6.45, 7) is 4.27. The van der Waals surface area contributed by atoms with E-state index in [4.69, 9.17) is 11.6 Å². The van der Waals surface area contributed by atoms with Crippen molar-refractivity contribution in [1.29, 1.82) is 0 Å². The fourth-order valence-electron chi connectivity index (χ4n) is 3.37. The molecular weight excluding hydrogens is 399 g/mol. The van der Waals surface area contributed by atoms with Crippen LogP contribution in [0, 0.1) is 15.9 Å². The number of carbonyl (C=O) groups excluding carboxylic acids is 1. The van der Waals surface area contributed by atoms with Crippen LogP contribution in [-0.2, 0) is 0 Å². The van der Waals surface area contributed by atoms with Gasteiger partial charge in [-0.3, -0.25) is 19.8 Å². The fraction of sp³-hybridized carbons (Fsp3) is 0.350. The van der Waals surface area contributed by atoms with Crippen LogP contribution in [-0.4, -0.2) is 55.0 Å². The number of halogens is 2. The summed E-state index contributed by atoms with van der Waals surface area (Å²) in [6.07, 6.45) is 0.708. The van der Waals surface area contributed by atoms with Crippen LogP contribution in [0.2, 0.25) is 5.02 Å². The molecule has 0 aliphatic carbocycles. The number of nitro benzene ring substituents is 1. The molecule has 0 bridgehead atoms. The average molecular weight is 421 g/mol. The minimum atomic E-state index is -0.597. The van der Waals surface area contributed by atoms with Gasteiger partial charge in [0, 0.05) is 43.8 Å². The van der Waals surface area contributed by atoms with Gasteiger partial charge in [-0.25, -0.2) is 4.39 Å². The Hall–Kier alpha value is -2.71. The van der Waals surface area contributed by atoms with Gasteiger partial charge in [0.15, 0.2) is 0 Å². The van der Waals surface area contributed by atoms with Crippen LogP contribution < -0.4 is 10.2 Å². The first kappa shape index (κ1) is 21.0. The summed E-state index contributed by atoms with van der Waals surface area (Å²) in [5, 5.41) is 14.1. The molecule has 1 N–H and O–H groups in total. The van der Waals surface area contributed by atoms with E-state index < -0.39 is 10.8 Å². The number of hydrogen-bond acceptors (Lipinski definition) is 5. The predicted octanol–water partition coefficient (Wildman–Crippen LogP) is 3.33. The van der Waals surface area contributed by atoms with Crippen molar-refractivity contribution in [3.05, 3.63) is 69.0 Å². The minimum Gasteiger partial charge on any atom is -0.367 e. The topological polar surface area (TPSA) is 78.7 Å². The Morgan fingerprint density at radius 2 is 1.90 bits per heavy atom. The van der Waals surface area contributed by atoms with Crippen molar-refractivity contribution in [3.8, 4) is 0 Å². The third-order valence-electron chi connectivity index (χ3n) is 4.90. The zero-order chi connectivity index (χ0) is 20.8. The van der Waals surface area contributed by atoms with E-state index in [-0.39, 0.29) is 22.1 Å². The van der Waals surface area contributed by atoms with E-state index in [0.29, 0.717) is 18.7 Å². The zero-order valence-corrected chi connectivity index (χ0v) is 16.6. The molecule has 154 valence electrons. The summed E-state index contributed by atoms with van der Waals surface area (Å²) >= 11 is 5.86. The SMILES string of the molecule is O=C(NCCCN1CCN(c2ccccc2F)CC1)c1cc(Cl)ccc1[N+](=O)[O-]. The molecule has 29 heavy (non-hydrogen) atoms. The average Bonchev–Trinajstić information content (AvgIpc) is 2.71. The lowest BCUT2D eigenvalue weighted by Crippen LogP contribution is -2.47. The fourth-order valence-corrected chi connectivity index (χ4v) is 3.54. The number of rotatable bonds is 7. The van der Waals surface area contributed by atoms with Crippen molar-refractivity contribution in [2.45, 2.75) is 6.42 Å². The van der Waals surface area contributed by atoms with Crippen LogP contribution >= 0.6 is 11.6 Å². The molecule has 0 saturated carbocycles. The van der Waals surface area contributed by atoms with Gasteiger partial charge in [-0.05, 0) is 37.2 Å². The highest BCUT2D eigenvalue weighted by molar-refractivity contribution is 6.31. The lowest BCUT2D eigenvalue weighted by molar-refractivity contribution is -0.385. The van der Waals surface area contributed by atoms with E-state index in [1.807, 2.05) is 11.0 Å². The van der Waals surface area contributed by atoms with Gasteiger partial charge >= 0.3 is 0 Å². The van der Waals surface area contributed by atoms with E-state index in [0.717, 1.165) is 32.7 Å². The highest BCUT2D eigenvalue weighted by atomic mass is 35.5. The van der Waals surface area contributed by atoms with Gasteiger partial charge in [-0.1, -0.05) is 23.7 Å². The first-order valence-corrected chi connectivity index (χ1v) is 9.77. The van der Waals surface area contributed by atoms with Gasteiger partial charge in [-0.15, -0.1) is 0 Å². The summed E-state index contributed by atoms with van der Waals surface area (Å²) in [6, 6.07) is 10.7. The molecule has 1 heterocycles. The van der Waals surface area contributed by atoms with Gasteiger partial charge in [0.05, 0.1) is 10.6 Å². The second-order valence-electron chi connectivity index (χ2n) is 6.81. The molecule has 0 atom stereocenters. The Morgan fingerprint density at radius 1 is 1.17 bits per heavy atom. The van der Waals surface area contributed by atoms with E-state index in [2.05, 4.69) is 10.2 Å². The van der Waals surface area contributed by atoms with Crippen LogP contribution in [0.5, 0.6) is 0 Å². The quantitative estimate of drug-likeness (QED) is 0.422. The molecule has 1 aliphatic heterocycles. The normalized spacial score (nSPS) is 14.6. The summed E-state index contributed by atoms with van der Waals surface area (Å²) < 4.78 is 13.9. The van der Waals surface area contributed by atoms with E-state index in [9.17, 15) is 19.3 Å². The van der Waals surface area contributed by atoms with Crippen molar-refractivity contribution in [2.75, 3.05) is 44.2 Å². The molecule has 9 heteroatoms. The van der Waals surface area contributed by atoms with Crippen LogP contribution in [0.25, 0.3) is 0 Å². The Labute approximate surface area is 173 Å². The number of nitrogens with zero attached hydrogens (tertiary/aromatic N) is 3. The lowest BCUT2D eigenvalue weighted by atomic mass is 10.1.